The van der Waals surface area contributed by atoms with E-state index in [4.69, 9.17) is 9.31 Å². The summed E-state index contributed by atoms with van der Waals surface area (Å²) in [6, 6.07) is 2.23. The summed E-state index contributed by atoms with van der Waals surface area (Å²) in [6.07, 6.45) is 8.38. The van der Waals surface area contributed by atoms with Crippen molar-refractivity contribution in [2.75, 3.05) is 0 Å². The van der Waals surface area contributed by atoms with Gasteiger partial charge in [-0.05, 0) is 67.9 Å². The van der Waals surface area contributed by atoms with Gasteiger partial charge in [0.25, 0.3) is 0 Å². The van der Waals surface area contributed by atoms with E-state index in [9.17, 15) is 0 Å². The second kappa shape index (κ2) is 5.92. The second-order valence-corrected chi connectivity index (χ2v) is 8.32. The monoisotopic (exact) mass is 365 g/mol. The minimum Gasteiger partial charge on any atom is -0.399 e. The molecule has 0 aromatic carbocycles. The van der Waals surface area contributed by atoms with Gasteiger partial charge in [-0.2, -0.15) is 0 Å². The molecule has 0 bridgehead atoms. The molecule has 1 aromatic rings. The highest BCUT2D eigenvalue weighted by molar-refractivity contribution is 9.10. The molecule has 2 aliphatic rings. The molecule has 0 radical (unpaired) electrons. The normalized spacial score (nSPS) is 24.7. The van der Waals surface area contributed by atoms with E-state index >= 15 is 0 Å². The van der Waals surface area contributed by atoms with Gasteiger partial charge < -0.3 is 9.31 Å². The molecule has 2 fully saturated rings. The maximum Gasteiger partial charge on any atom is 0.496 e. The Hall–Kier alpha value is -0.385. The predicted molar refractivity (Wildman–Crippen MR) is 93.5 cm³/mol. The lowest BCUT2D eigenvalue weighted by molar-refractivity contribution is 0.00578. The molecule has 0 spiro atoms. The summed E-state index contributed by atoms with van der Waals surface area (Å²) in [5.41, 5.74) is 1.72. The Kier molecular flexibility index (Phi) is 4.43. The Bertz CT molecular complexity index is 540. The van der Waals surface area contributed by atoms with Crippen LogP contribution in [0, 0.1) is 0 Å². The fraction of sp³-hybridized carbons (Fsp3) is 0.706. The zero-order valence-electron chi connectivity index (χ0n) is 14.0. The molecule has 1 aliphatic heterocycles. The maximum atomic E-state index is 6.15. The highest BCUT2D eigenvalue weighted by atomic mass is 79.9. The van der Waals surface area contributed by atoms with E-state index in [-0.39, 0.29) is 18.3 Å². The lowest BCUT2D eigenvalue weighted by Crippen LogP contribution is -2.41. The van der Waals surface area contributed by atoms with Crippen molar-refractivity contribution >= 4 is 28.5 Å². The molecule has 3 nitrogen and oxygen atoms in total. The fourth-order valence-corrected chi connectivity index (χ4v) is 3.83. The third-order valence-electron chi connectivity index (χ3n) is 5.46. The third kappa shape index (κ3) is 3.00. The zero-order valence-corrected chi connectivity index (χ0v) is 15.6. The van der Waals surface area contributed by atoms with Crippen LogP contribution in [0.5, 0.6) is 0 Å². The standard InChI is InChI=1S/C17H25BBrNO2/c1-16(2)17(3,4)22-18(21-16)13-10-14(15(19)20-11-13)12-8-6-5-7-9-12/h10-12H,5-9H2,1-4H3. The Morgan fingerprint density at radius 2 is 1.68 bits per heavy atom. The van der Waals surface area contributed by atoms with Crippen LogP contribution in [0.15, 0.2) is 16.9 Å². The van der Waals surface area contributed by atoms with Crippen LogP contribution in [-0.2, 0) is 9.31 Å². The number of hydrogen-bond donors (Lipinski definition) is 0. The molecule has 0 amide bonds. The van der Waals surface area contributed by atoms with E-state index in [1.54, 1.807) is 0 Å². The van der Waals surface area contributed by atoms with Gasteiger partial charge in [-0.1, -0.05) is 25.3 Å². The molecule has 1 aromatic heterocycles. The van der Waals surface area contributed by atoms with Gasteiger partial charge in [0.05, 0.1) is 11.2 Å². The van der Waals surface area contributed by atoms with Crippen LogP contribution >= 0.6 is 15.9 Å². The number of pyridine rings is 1. The highest BCUT2D eigenvalue weighted by Gasteiger charge is 2.51. The number of hydrogen-bond acceptors (Lipinski definition) is 3. The molecule has 22 heavy (non-hydrogen) atoms. The lowest BCUT2D eigenvalue weighted by atomic mass is 9.77. The van der Waals surface area contributed by atoms with Crippen LogP contribution in [0.2, 0.25) is 0 Å². The van der Waals surface area contributed by atoms with Gasteiger partial charge in [0.15, 0.2) is 0 Å². The smallest absolute Gasteiger partial charge is 0.399 e. The van der Waals surface area contributed by atoms with E-state index in [2.05, 4.69) is 54.7 Å². The Morgan fingerprint density at radius 1 is 1.09 bits per heavy atom. The van der Waals surface area contributed by atoms with Crippen molar-refractivity contribution in [3.8, 4) is 0 Å². The van der Waals surface area contributed by atoms with Gasteiger partial charge in [0.1, 0.15) is 4.60 Å². The summed E-state index contributed by atoms with van der Waals surface area (Å²) in [6.45, 7) is 8.34. The SMILES string of the molecule is CC1(C)OB(c2cnc(Br)c(C3CCCCC3)c2)OC1(C)C. The molecule has 1 saturated carbocycles. The van der Waals surface area contributed by atoms with Gasteiger partial charge in [0.2, 0.25) is 0 Å². The van der Waals surface area contributed by atoms with Crippen molar-refractivity contribution in [3.05, 3.63) is 22.4 Å². The van der Waals surface area contributed by atoms with Crippen molar-refractivity contribution in [2.45, 2.75) is 76.9 Å². The summed E-state index contributed by atoms with van der Waals surface area (Å²) >= 11 is 3.63. The van der Waals surface area contributed by atoms with Crippen LogP contribution in [0.3, 0.4) is 0 Å². The summed E-state index contributed by atoms with van der Waals surface area (Å²) in [5.74, 6) is 0.609. The first kappa shape index (κ1) is 16.5. The van der Waals surface area contributed by atoms with Crippen LogP contribution in [-0.4, -0.2) is 23.3 Å². The van der Waals surface area contributed by atoms with E-state index < -0.39 is 0 Å². The average molecular weight is 366 g/mol. The van der Waals surface area contributed by atoms with E-state index in [1.807, 2.05) is 6.20 Å². The van der Waals surface area contributed by atoms with E-state index in [0.717, 1.165) is 10.1 Å². The minimum atomic E-state index is -0.326. The minimum absolute atomic E-state index is 0.310. The molecule has 1 saturated heterocycles. The van der Waals surface area contributed by atoms with Gasteiger partial charge in [-0.3, -0.25) is 0 Å². The molecule has 2 heterocycles. The Balaban J connectivity index is 1.87. The van der Waals surface area contributed by atoms with Gasteiger partial charge in [0, 0.05) is 11.7 Å². The van der Waals surface area contributed by atoms with Crippen molar-refractivity contribution in [1.82, 2.24) is 4.98 Å². The van der Waals surface area contributed by atoms with Crippen molar-refractivity contribution in [2.24, 2.45) is 0 Å². The van der Waals surface area contributed by atoms with Crippen LogP contribution in [0.25, 0.3) is 0 Å². The van der Waals surface area contributed by atoms with Crippen LogP contribution in [0.4, 0.5) is 0 Å². The molecule has 0 N–H and O–H groups in total. The summed E-state index contributed by atoms with van der Waals surface area (Å²) in [4.78, 5) is 4.55. The topological polar surface area (TPSA) is 31.4 Å². The first-order valence-corrected chi connectivity index (χ1v) is 9.10. The number of halogens is 1. The van der Waals surface area contributed by atoms with Gasteiger partial charge >= 0.3 is 7.12 Å². The molecular formula is C17H25BBrNO2. The lowest BCUT2D eigenvalue weighted by Gasteiger charge is -2.32. The first-order chi connectivity index (χ1) is 10.3. The van der Waals surface area contributed by atoms with Crippen molar-refractivity contribution < 1.29 is 9.31 Å². The molecule has 3 rings (SSSR count). The van der Waals surface area contributed by atoms with E-state index in [1.165, 1.54) is 37.7 Å². The maximum absolute atomic E-state index is 6.15. The molecule has 0 unspecified atom stereocenters. The second-order valence-electron chi connectivity index (χ2n) is 7.57. The van der Waals surface area contributed by atoms with Crippen molar-refractivity contribution in [3.63, 3.8) is 0 Å². The number of nitrogens with zero attached hydrogens (tertiary/aromatic N) is 1. The average Bonchev–Trinajstić information content (AvgIpc) is 2.69. The van der Waals surface area contributed by atoms with Crippen LogP contribution < -0.4 is 5.46 Å². The summed E-state index contributed by atoms with van der Waals surface area (Å²) in [5, 5.41) is 0. The number of aromatic nitrogens is 1. The van der Waals surface area contributed by atoms with Gasteiger partial charge in [-0.25, -0.2) is 4.98 Å². The highest BCUT2D eigenvalue weighted by Crippen LogP contribution is 2.38. The quantitative estimate of drug-likeness (QED) is 0.581. The molecule has 120 valence electrons. The molecular weight excluding hydrogens is 341 g/mol. The zero-order chi connectivity index (χ0) is 16.0. The summed E-state index contributed by atoms with van der Waals surface area (Å²) < 4.78 is 13.3. The Morgan fingerprint density at radius 3 is 2.27 bits per heavy atom. The van der Waals surface area contributed by atoms with Gasteiger partial charge in [-0.15, -0.1) is 0 Å². The fourth-order valence-electron chi connectivity index (χ4n) is 3.29. The van der Waals surface area contributed by atoms with E-state index in [0.29, 0.717) is 5.92 Å². The van der Waals surface area contributed by atoms with Crippen LogP contribution in [0.1, 0.15) is 71.3 Å². The molecule has 0 atom stereocenters. The third-order valence-corrected chi connectivity index (χ3v) is 6.12. The predicted octanol–water partition coefficient (Wildman–Crippen LogP) is 4.19. The first-order valence-electron chi connectivity index (χ1n) is 8.31. The number of rotatable bonds is 2. The van der Waals surface area contributed by atoms with Crippen molar-refractivity contribution in [1.29, 1.82) is 0 Å². The summed E-state index contributed by atoms with van der Waals surface area (Å²) in [7, 11) is -0.326. The largest absolute Gasteiger partial charge is 0.496 e. The molecule has 1 aliphatic carbocycles. The Labute approximate surface area is 142 Å². The molecule has 5 heteroatoms.